The third kappa shape index (κ3) is 1.61. The minimum absolute atomic E-state index is 0.525. The van der Waals surface area contributed by atoms with Crippen LogP contribution in [0.3, 0.4) is 0 Å². The van der Waals surface area contributed by atoms with Gasteiger partial charge in [-0.15, -0.1) is 0 Å². The molecule has 0 saturated heterocycles. The molecule has 17 heavy (non-hydrogen) atoms. The average molecular weight is 222 g/mol. The fraction of sp³-hybridized carbons (Fsp3) is 0. The van der Waals surface area contributed by atoms with Gasteiger partial charge in [-0.25, -0.2) is 4.98 Å². The number of fused-ring (bicyclic) bond motifs is 3. The van der Waals surface area contributed by atoms with Gasteiger partial charge in [0.25, 0.3) is 0 Å². The van der Waals surface area contributed by atoms with E-state index in [0.717, 1.165) is 22.2 Å². The molecule has 1 N–H and O–H groups in total. The molecule has 1 aromatic carbocycles. The molecule has 0 bridgehead atoms. The molecule has 0 unspecified atom stereocenters. The number of hydrogen-bond acceptors (Lipinski definition) is 3. The van der Waals surface area contributed by atoms with Gasteiger partial charge in [-0.1, -0.05) is 29.4 Å². The van der Waals surface area contributed by atoms with Crippen LogP contribution in [0.5, 0.6) is 0 Å². The van der Waals surface area contributed by atoms with Crippen molar-refractivity contribution in [3.8, 4) is 11.3 Å². The lowest BCUT2D eigenvalue weighted by molar-refractivity contribution is 0.302. The number of rotatable bonds is 0. The Morgan fingerprint density at radius 3 is 2.65 bits per heavy atom. The van der Waals surface area contributed by atoms with E-state index in [4.69, 9.17) is 5.21 Å². The highest BCUT2D eigenvalue weighted by molar-refractivity contribution is 5.96. The molecule has 3 nitrogen and oxygen atoms in total. The van der Waals surface area contributed by atoms with Gasteiger partial charge < -0.3 is 5.21 Å². The van der Waals surface area contributed by atoms with Gasteiger partial charge in [-0.2, -0.15) is 0 Å². The molecule has 82 valence electrons. The topological polar surface area (TPSA) is 45.5 Å². The van der Waals surface area contributed by atoms with Crippen molar-refractivity contribution in [1.82, 2.24) is 4.98 Å². The zero-order chi connectivity index (χ0) is 11.7. The molecule has 0 aromatic heterocycles. The maximum Gasteiger partial charge on any atom is 0.102 e. The van der Waals surface area contributed by atoms with Crippen LogP contribution >= 0.6 is 0 Å². The van der Waals surface area contributed by atoms with Crippen LogP contribution in [0.2, 0.25) is 0 Å². The number of para-hydroxylation sites is 1. The smallest absolute Gasteiger partial charge is 0.102 e. The Bertz CT molecular complexity index is 722. The van der Waals surface area contributed by atoms with E-state index in [2.05, 4.69) is 10.1 Å². The van der Waals surface area contributed by atoms with Crippen LogP contribution in [0.25, 0.3) is 22.2 Å². The lowest BCUT2D eigenvalue weighted by Crippen LogP contribution is -1.95. The molecule has 1 heterocycles. The summed E-state index contributed by atoms with van der Waals surface area (Å²) in [7, 11) is 0. The van der Waals surface area contributed by atoms with Crippen molar-refractivity contribution in [2.45, 2.75) is 0 Å². The standard InChI is InChI=1S/C14H10N2O/c17-16-10-4-3-7-14-12(9-8-10)11-5-1-2-6-13(11)15-14/h1-9,17H. The van der Waals surface area contributed by atoms with Crippen molar-refractivity contribution in [3.05, 3.63) is 60.0 Å². The highest BCUT2D eigenvalue weighted by Crippen LogP contribution is 2.28. The zero-order valence-electron chi connectivity index (χ0n) is 9.04. The first-order chi connectivity index (χ1) is 8.38. The summed E-state index contributed by atoms with van der Waals surface area (Å²) < 4.78 is 0. The van der Waals surface area contributed by atoms with Crippen molar-refractivity contribution in [3.63, 3.8) is 0 Å². The van der Waals surface area contributed by atoms with Gasteiger partial charge in [0.1, 0.15) is 5.36 Å². The van der Waals surface area contributed by atoms with E-state index in [9.17, 15) is 0 Å². The summed E-state index contributed by atoms with van der Waals surface area (Å²) in [5, 5.41) is 13.6. The van der Waals surface area contributed by atoms with Gasteiger partial charge in [0.15, 0.2) is 0 Å². The SMILES string of the molecule is ON=c1cccc2nc3ccccc3c-2cc1. The second-order valence-corrected chi connectivity index (χ2v) is 3.81. The quantitative estimate of drug-likeness (QED) is 0.469. The first-order valence-electron chi connectivity index (χ1n) is 5.35. The van der Waals surface area contributed by atoms with E-state index in [1.165, 1.54) is 0 Å². The van der Waals surface area contributed by atoms with Crippen LogP contribution in [0, 0.1) is 0 Å². The largest absolute Gasteiger partial charge is 0.410 e. The molecule has 0 fully saturated rings. The molecule has 1 aliphatic heterocycles. The molecule has 3 rings (SSSR count). The van der Waals surface area contributed by atoms with Gasteiger partial charge in [0.2, 0.25) is 0 Å². The fourth-order valence-corrected chi connectivity index (χ4v) is 1.96. The Hall–Kier alpha value is -2.42. The second kappa shape index (κ2) is 3.87. The summed E-state index contributed by atoms with van der Waals surface area (Å²) in [6.07, 6.45) is 0. The number of hydrogen-bond donors (Lipinski definition) is 1. The Morgan fingerprint density at radius 2 is 1.76 bits per heavy atom. The van der Waals surface area contributed by atoms with E-state index >= 15 is 0 Å². The van der Waals surface area contributed by atoms with Crippen LogP contribution in [0.1, 0.15) is 0 Å². The summed E-state index contributed by atoms with van der Waals surface area (Å²) in [6.45, 7) is 0. The van der Waals surface area contributed by atoms with Crippen molar-refractivity contribution in [2.75, 3.05) is 0 Å². The second-order valence-electron chi connectivity index (χ2n) is 3.81. The summed E-state index contributed by atoms with van der Waals surface area (Å²) >= 11 is 0. The van der Waals surface area contributed by atoms with Crippen LogP contribution in [0.15, 0.2) is 59.8 Å². The Kier molecular flexibility index (Phi) is 2.22. The summed E-state index contributed by atoms with van der Waals surface area (Å²) in [6, 6.07) is 17.2. The van der Waals surface area contributed by atoms with Crippen LogP contribution in [-0.4, -0.2) is 10.2 Å². The molecule has 0 amide bonds. The predicted octanol–water partition coefficient (Wildman–Crippen LogP) is 2.63. The highest BCUT2D eigenvalue weighted by atomic mass is 16.4. The van der Waals surface area contributed by atoms with E-state index < -0.39 is 0 Å². The van der Waals surface area contributed by atoms with E-state index in [0.29, 0.717) is 5.36 Å². The van der Waals surface area contributed by atoms with Crippen molar-refractivity contribution >= 4 is 10.9 Å². The molecule has 3 heteroatoms. The molecule has 2 aliphatic rings. The minimum atomic E-state index is 0.525. The van der Waals surface area contributed by atoms with Gasteiger partial charge in [-0.3, -0.25) is 0 Å². The first-order valence-corrected chi connectivity index (χ1v) is 5.35. The molecular formula is C14H10N2O. The number of aromatic nitrogens is 1. The van der Waals surface area contributed by atoms with Crippen molar-refractivity contribution < 1.29 is 5.21 Å². The van der Waals surface area contributed by atoms with E-state index in [-0.39, 0.29) is 0 Å². The molecule has 0 radical (unpaired) electrons. The van der Waals surface area contributed by atoms with Crippen LogP contribution < -0.4 is 5.36 Å². The number of benzene rings is 1. The average Bonchev–Trinajstić information content (AvgIpc) is 2.67. The molecule has 0 spiro atoms. The summed E-state index contributed by atoms with van der Waals surface area (Å²) in [5.74, 6) is 0. The molecule has 0 atom stereocenters. The first kappa shape index (κ1) is 9.78. The maximum atomic E-state index is 8.78. The van der Waals surface area contributed by atoms with Crippen molar-refractivity contribution in [1.29, 1.82) is 0 Å². The van der Waals surface area contributed by atoms with Crippen LogP contribution in [0.4, 0.5) is 0 Å². The predicted molar refractivity (Wildman–Crippen MR) is 65.7 cm³/mol. The maximum absolute atomic E-state index is 8.78. The molecule has 1 aromatic rings. The third-order valence-electron chi connectivity index (χ3n) is 2.77. The fourth-order valence-electron chi connectivity index (χ4n) is 1.96. The normalized spacial score (nSPS) is 12.1. The highest BCUT2D eigenvalue weighted by Gasteiger charge is 2.07. The van der Waals surface area contributed by atoms with E-state index in [1.807, 2.05) is 42.5 Å². The Morgan fingerprint density at radius 1 is 0.882 bits per heavy atom. The van der Waals surface area contributed by atoms with Crippen molar-refractivity contribution in [2.24, 2.45) is 5.16 Å². The van der Waals surface area contributed by atoms with Gasteiger partial charge in [-0.05, 0) is 30.3 Å². The molecular weight excluding hydrogens is 212 g/mol. The third-order valence-corrected chi connectivity index (χ3v) is 2.77. The Labute approximate surface area is 98.0 Å². The Balaban J connectivity index is 2.45. The minimum Gasteiger partial charge on any atom is -0.410 e. The lowest BCUT2D eigenvalue weighted by Gasteiger charge is -1.92. The number of nitrogens with zero attached hydrogens (tertiary/aromatic N) is 2. The molecule has 1 aliphatic carbocycles. The summed E-state index contributed by atoms with van der Waals surface area (Å²) in [4.78, 5) is 4.55. The monoisotopic (exact) mass is 222 g/mol. The molecule has 0 saturated carbocycles. The van der Waals surface area contributed by atoms with Gasteiger partial charge in [0, 0.05) is 10.9 Å². The van der Waals surface area contributed by atoms with Gasteiger partial charge >= 0.3 is 0 Å². The zero-order valence-corrected chi connectivity index (χ0v) is 9.04. The van der Waals surface area contributed by atoms with Gasteiger partial charge in [0.05, 0.1) is 11.2 Å². The lowest BCUT2D eigenvalue weighted by atomic mass is 10.1. The van der Waals surface area contributed by atoms with E-state index in [1.54, 1.807) is 12.1 Å². The summed E-state index contributed by atoms with van der Waals surface area (Å²) in [5.41, 5.74) is 2.98. The van der Waals surface area contributed by atoms with Crippen LogP contribution in [-0.2, 0) is 0 Å².